The summed E-state index contributed by atoms with van der Waals surface area (Å²) in [5.74, 6) is 0. The fraction of sp³-hybridized carbons (Fsp3) is 1.00. The Morgan fingerprint density at radius 1 is 0.565 bits per heavy atom. The van der Waals surface area contributed by atoms with Gasteiger partial charge < -0.3 is 10.2 Å². The molecule has 0 bridgehead atoms. The molecule has 0 atom stereocenters. The second kappa shape index (κ2) is 20.0. The van der Waals surface area contributed by atoms with E-state index < -0.39 is 0 Å². The quantitative estimate of drug-likeness (QED) is 0.292. The lowest BCUT2D eigenvalue weighted by molar-refractivity contribution is 0.348. The number of likely N-dealkylation sites (N-methyl/N-ethyl adjacent to an activating group) is 1. The number of hydrogen-bond donors (Lipinski definition) is 1. The topological polar surface area (TPSA) is 15.3 Å². The highest BCUT2D eigenvalue weighted by atomic mass is 15.1. The molecule has 0 aliphatic heterocycles. The van der Waals surface area contributed by atoms with E-state index in [4.69, 9.17) is 0 Å². The highest BCUT2D eigenvalue weighted by molar-refractivity contribution is 4.54. The summed E-state index contributed by atoms with van der Waals surface area (Å²) in [6, 6.07) is 0. The van der Waals surface area contributed by atoms with Crippen LogP contribution < -0.4 is 5.32 Å². The van der Waals surface area contributed by atoms with E-state index >= 15 is 0 Å². The van der Waals surface area contributed by atoms with E-state index in [2.05, 4.69) is 31.1 Å². The molecule has 1 N–H and O–H groups in total. The number of rotatable bonds is 19. The molecule has 0 rings (SSSR count). The normalized spacial score (nSPS) is 11.5. The van der Waals surface area contributed by atoms with Crippen LogP contribution in [0.4, 0.5) is 0 Å². The Labute approximate surface area is 147 Å². The fourth-order valence-corrected chi connectivity index (χ4v) is 3.00. The van der Waals surface area contributed by atoms with Crippen LogP contribution >= 0.6 is 0 Å². The summed E-state index contributed by atoms with van der Waals surface area (Å²) in [6.45, 7) is 9.19. The van der Waals surface area contributed by atoms with Crippen LogP contribution in [0, 0.1) is 0 Å². The third-order valence-corrected chi connectivity index (χ3v) is 4.92. The highest BCUT2D eigenvalue weighted by Crippen LogP contribution is 2.12. The summed E-state index contributed by atoms with van der Waals surface area (Å²) in [6.07, 6.45) is 20.2. The molecule has 0 aromatic heterocycles. The van der Waals surface area contributed by atoms with Crippen molar-refractivity contribution in [2.75, 3.05) is 33.2 Å². The highest BCUT2D eigenvalue weighted by Gasteiger charge is 1.95. The molecule has 0 unspecified atom stereocenters. The van der Waals surface area contributed by atoms with Gasteiger partial charge in [-0.05, 0) is 26.6 Å². The molecular formula is C21H46N2. The first-order valence-electron chi connectivity index (χ1n) is 10.7. The molecule has 0 saturated heterocycles. The fourth-order valence-electron chi connectivity index (χ4n) is 3.00. The molecule has 0 radical (unpaired) electrons. The molecule has 2 heteroatoms. The maximum Gasteiger partial charge on any atom is 0.0104 e. The molecule has 0 aromatic rings. The molecule has 0 saturated carbocycles. The molecule has 23 heavy (non-hydrogen) atoms. The average molecular weight is 327 g/mol. The Morgan fingerprint density at radius 3 is 1.43 bits per heavy atom. The summed E-state index contributed by atoms with van der Waals surface area (Å²) in [7, 11) is 2.19. The van der Waals surface area contributed by atoms with E-state index in [0.717, 1.165) is 13.1 Å². The zero-order valence-corrected chi connectivity index (χ0v) is 16.7. The van der Waals surface area contributed by atoms with E-state index in [9.17, 15) is 0 Å². The van der Waals surface area contributed by atoms with Crippen molar-refractivity contribution in [2.24, 2.45) is 0 Å². The SMILES string of the molecule is CCCCCCCCCCCCCCCCNCCN(C)CC. The first-order valence-corrected chi connectivity index (χ1v) is 10.7. The zero-order valence-electron chi connectivity index (χ0n) is 16.7. The van der Waals surface area contributed by atoms with Crippen molar-refractivity contribution in [3.63, 3.8) is 0 Å². The van der Waals surface area contributed by atoms with Crippen LogP contribution in [0.1, 0.15) is 104 Å². The lowest BCUT2D eigenvalue weighted by atomic mass is 10.0. The summed E-state index contributed by atoms with van der Waals surface area (Å²) in [4.78, 5) is 2.36. The lowest BCUT2D eigenvalue weighted by Crippen LogP contribution is -2.29. The van der Waals surface area contributed by atoms with Crippen molar-refractivity contribution >= 4 is 0 Å². The first-order chi connectivity index (χ1) is 11.3. The van der Waals surface area contributed by atoms with Gasteiger partial charge in [0.1, 0.15) is 0 Å². The maximum absolute atomic E-state index is 3.55. The van der Waals surface area contributed by atoms with Gasteiger partial charge in [0, 0.05) is 13.1 Å². The molecule has 140 valence electrons. The number of nitrogens with zero attached hydrogens (tertiary/aromatic N) is 1. The standard InChI is InChI=1S/C21H46N2/c1-4-6-7-8-9-10-11-12-13-14-15-16-17-18-19-22-20-21-23(3)5-2/h22H,4-21H2,1-3H3. The van der Waals surface area contributed by atoms with Gasteiger partial charge in [-0.1, -0.05) is 97.3 Å². The predicted molar refractivity (Wildman–Crippen MR) is 106 cm³/mol. The Balaban J connectivity index is 2.97. The molecule has 0 fully saturated rings. The van der Waals surface area contributed by atoms with E-state index in [1.165, 1.54) is 103 Å². The number of nitrogens with one attached hydrogen (secondary N) is 1. The largest absolute Gasteiger partial charge is 0.315 e. The smallest absolute Gasteiger partial charge is 0.0104 e. The second-order valence-electron chi connectivity index (χ2n) is 7.24. The predicted octanol–water partition coefficient (Wildman–Crippen LogP) is 6.01. The Bertz CT molecular complexity index is 206. The van der Waals surface area contributed by atoms with Gasteiger partial charge >= 0.3 is 0 Å². The van der Waals surface area contributed by atoms with Gasteiger partial charge in [-0.3, -0.25) is 0 Å². The van der Waals surface area contributed by atoms with Crippen LogP contribution in [0.5, 0.6) is 0 Å². The Hall–Kier alpha value is -0.0800. The number of unbranched alkanes of at least 4 members (excludes halogenated alkanes) is 13. The zero-order chi connectivity index (χ0) is 17.0. The molecule has 0 heterocycles. The monoisotopic (exact) mass is 326 g/mol. The summed E-state index contributed by atoms with van der Waals surface area (Å²) in [5, 5.41) is 3.55. The van der Waals surface area contributed by atoms with Crippen molar-refractivity contribution in [3.05, 3.63) is 0 Å². The van der Waals surface area contributed by atoms with Gasteiger partial charge in [0.25, 0.3) is 0 Å². The van der Waals surface area contributed by atoms with E-state index in [1.54, 1.807) is 0 Å². The minimum Gasteiger partial charge on any atom is -0.315 e. The van der Waals surface area contributed by atoms with E-state index in [0.29, 0.717) is 0 Å². The van der Waals surface area contributed by atoms with Gasteiger partial charge in [-0.2, -0.15) is 0 Å². The summed E-state index contributed by atoms with van der Waals surface area (Å²) < 4.78 is 0. The first kappa shape index (κ1) is 22.9. The van der Waals surface area contributed by atoms with Crippen LogP contribution in [0.3, 0.4) is 0 Å². The van der Waals surface area contributed by atoms with Crippen LogP contribution in [-0.2, 0) is 0 Å². The molecule has 0 amide bonds. The lowest BCUT2D eigenvalue weighted by Gasteiger charge is -2.13. The third kappa shape index (κ3) is 19.9. The molecule has 0 aromatic carbocycles. The van der Waals surface area contributed by atoms with Crippen molar-refractivity contribution < 1.29 is 0 Å². The molecule has 0 aliphatic rings. The minimum atomic E-state index is 1.14. The van der Waals surface area contributed by atoms with Crippen molar-refractivity contribution in [1.29, 1.82) is 0 Å². The van der Waals surface area contributed by atoms with Crippen LogP contribution in [-0.4, -0.2) is 38.1 Å². The van der Waals surface area contributed by atoms with Crippen LogP contribution in [0.2, 0.25) is 0 Å². The third-order valence-electron chi connectivity index (χ3n) is 4.92. The molecular weight excluding hydrogens is 280 g/mol. The molecule has 0 spiro atoms. The van der Waals surface area contributed by atoms with Gasteiger partial charge in [-0.15, -0.1) is 0 Å². The van der Waals surface area contributed by atoms with E-state index in [1.807, 2.05) is 0 Å². The summed E-state index contributed by atoms with van der Waals surface area (Å²) in [5.41, 5.74) is 0. The van der Waals surface area contributed by atoms with Crippen molar-refractivity contribution in [1.82, 2.24) is 10.2 Å². The second-order valence-corrected chi connectivity index (χ2v) is 7.24. The van der Waals surface area contributed by atoms with Gasteiger partial charge in [0.2, 0.25) is 0 Å². The van der Waals surface area contributed by atoms with Gasteiger partial charge in [-0.25, -0.2) is 0 Å². The van der Waals surface area contributed by atoms with E-state index in [-0.39, 0.29) is 0 Å². The van der Waals surface area contributed by atoms with Crippen LogP contribution in [0.15, 0.2) is 0 Å². The van der Waals surface area contributed by atoms with Crippen molar-refractivity contribution in [3.8, 4) is 0 Å². The number of hydrogen-bond acceptors (Lipinski definition) is 2. The minimum absolute atomic E-state index is 1.14. The Morgan fingerprint density at radius 2 is 1.00 bits per heavy atom. The van der Waals surface area contributed by atoms with Crippen molar-refractivity contribution in [2.45, 2.75) is 104 Å². The molecule has 2 nitrogen and oxygen atoms in total. The Kier molecular flexibility index (Phi) is 19.9. The van der Waals surface area contributed by atoms with Gasteiger partial charge in [0.05, 0.1) is 0 Å². The van der Waals surface area contributed by atoms with Crippen LogP contribution in [0.25, 0.3) is 0 Å². The van der Waals surface area contributed by atoms with Gasteiger partial charge in [0.15, 0.2) is 0 Å². The molecule has 0 aliphatic carbocycles. The average Bonchev–Trinajstić information content (AvgIpc) is 2.57. The maximum atomic E-state index is 3.55. The summed E-state index contributed by atoms with van der Waals surface area (Å²) >= 11 is 0.